The van der Waals surface area contributed by atoms with Gasteiger partial charge >= 0.3 is 17.9 Å². The van der Waals surface area contributed by atoms with Crippen molar-refractivity contribution >= 4 is 17.9 Å². The summed E-state index contributed by atoms with van der Waals surface area (Å²) >= 11 is 0. The van der Waals surface area contributed by atoms with Gasteiger partial charge in [0.15, 0.2) is 6.10 Å². The van der Waals surface area contributed by atoms with Crippen molar-refractivity contribution in [2.75, 3.05) is 13.2 Å². The summed E-state index contributed by atoms with van der Waals surface area (Å²) in [5.41, 5.74) is 0. The van der Waals surface area contributed by atoms with Crippen molar-refractivity contribution in [1.82, 2.24) is 0 Å². The van der Waals surface area contributed by atoms with E-state index in [1.807, 2.05) is 0 Å². The lowest BCUT2D eigenvalue weighted by Crippen LogP contribution is -2.30. The fourth-order valence-corrected chi connectivity index (χ4v) is 9.81. The summed E-state index contributed by atoms with van der Waals surface area (Å²) in [4.78, 5) is 38.3. The van der Waals surface area contributed by atoms with E-state index in [9.17, 15) is 14.4 Å². The van der Waals surface area contributed by atoms with Crippen LogP contribution in [0.1, 0.15) is 362 Å². The minimum Gasteiger partial charge on any atom is -0.462 e. The number of hydrogen-bond acceptors (Lipinski definition) is 6. The summed E-state index contributed by atoms with van der Waals surface area (Å²) in [7, 11) is 0. The van der Waals surface area contributed by atoms with Gasteiger partial charge in [-0.2, -0.15) is 0 Å². The Labute approximate surface area is 431 Å². The maximum atomic E-state index is 12.9. The maximum Gasteiger partial charge on any atom is 0.306 e. The average molecular weight is 976 g/mol. The lowest BCUT2D eigenvalue weighted by Gasteiger charge is -2.18. The maximum absolute atomic E-state index is 12.9. The molecule has 0 fully saturated rings. The normalized spacial score (nSPS) is 12.0. The molecule has 6 nitrogen and oxygen atoms in total. The molecule has 0 aromatic carbocycles. The number of carbonyl (C=O) groups is 3. The highest BCUT2D eigenvalue weighted by molar-refractivity contribution is 5.71. The number of carbonyl (C=O) groups excluding carboxylic acids is 3. The zero-order chi connectivity index (χ0) is 50.2. The number of unbranched alkanes of at least 4 members (excludes halogenated alkanes) is 45. The largest absolute Gasteiger partial charge is 0.462 e. The number of ether oxygens (including phenoxy) is 3. The lowest BCUT2D eigenvalue weighted by atomic mass is 10.0. The van der Waals surface area contributed by atoms with Crippen molar-refractivity contribution in [3.63, 3.8) is 0 Å². The van der Waals surface area contributed by atoms with Gasteiger partial charge in [0.05, 0.1) is 0 Å². The van der Waals surface area contributed by atoms with E-state index in [1.54, 1.807) is 0 Å². The zero-order valence-electron chi connectivity index (χ0n) is 47.3. The predicted octanol–water partition coefficient (Wildman–Crippen LogP) is 21.0. The van der Waals surface area contributed by atoms with Crippen LogP contribution in [-0.2, 0) is 28.6 Å². The fraction of sp³-hybridized carbons (Fsp3) is 0.952. The second-order valence-corrected chi connectivity index (χ2v) is 22.2. The van der Waals surface area contributed by atoms with Gasteiger partial charge < -0.3 is 14.2 Å². The van der Waals surface area contributed by atoms with Crippen molar-refractivity contribution in [2.45, 2.75) is 368 Å². The molecule has 0 aliphatic carbocycles. The van der Waals surface area contributed by atoms with E-state index in [1.165, 1.54) is 257 Å². The molecule has 0 unspecified atom stereocenters. The van der Waals surface area contributed by atoms with Crippen LogP contribution in [0.5, 0.6) is 0 Å². The van der Waals surface area contributed by atoms with Crippen LogP contribution < -0.4 is 0 Å². The molecule has 0 bridgehead atoms. The average Bonchev–Trinajstić information content (AvgIpc) is 3.34. The van der Waals surface area contributed by atoms with Crippen LogP contribution in [0, 0.1) is 5.92 Å². The minimum atomic E-state index is -0.762. The Bertz CT molecular complexity index is 1040. The molecule has 0 aliphatic rings. The van der Waals surface area contributed by atoms with E-state index >= 15 is 0 Å². The molecular formula is C63H122O6. The van der Waals surface area contributed by atoms with Crippen LogP contribution in [0.25, 0.3) is 0 Å². The first-order valence-electron chi connectivity index (χ1n) is 31.4. The SMILES string of the molecule is CCCCCCCCCCCCCCCCCCCCC(=O)O[C@H](COC(=O)CCCCCCCCCCCCCCCCC)COC(=O)CCCCCCCCCCCCCCCCCC(C)C. The molecule has 0 rings (SSSR count). The summed E-state index contributed by atoms with van der Waals surface area (Å²) in [5, 5.41) is 0. The van der Waals surface area contributed by atoms with Crippen LogP contribution in [0.15, 0.2) is 0 Å². The van der Waals surface area contributed by atoms with E-state index in [4.69, 9.17) is 14.2 Å². The quantitative estimate of drug-likeness (QED) is 0.0343. The van der Waals surface area contributed by atoms with Crippen molar-refractivity contribution in [1.29, 1.82) is 0 Å². The van der Waals surface area contributed by atoms with Gasteiger partial charge in [-0.05, 0) is 25.2 Å². The van der Waals surface area contributed by atoms with E-state index in [0.717, 1.165) is 63.7 Å². The van der Waals surface area contributed by atoms with Gasteiger partial charge in [-0.25, -0.2) is 0 Å². The Morgan fingerprint density at radius 1 is 0.275 bits per heavy atom. The first-order chi connectivity index (χ1) is 33.9. The Hall–Kier alpha value is -1.59. The van der Waals surface area contributed by atoms with Gasteiger partial charge in [-0.1, -0.05) is 323 Å². The van der Waals surface area contributed by atoms with Gasteiger partial charge in [0.2, 0.25) is 0 Å². The number of rotatable bonds is 58. The van der Waals surface area contributed by atoms with Gasteiger partial charge in [-0.3, -0.25) is 14.4 Å². The molecule has 1 atom stereocenters. The highest BCUT2D eigenvalue weighted by Crippen LogP contribution is 2.19. The first-order valence-corrected chi connectivity index (χ1v) is 31.4. The zero-order valence-corrected chi connectivity index (χ0v) is 47.3. The summed E-state index contributed by atoms with van der Waals surface area (Å²) in [6.07, 6.45) is 63.8. The van der Waals surface area contributed by atoms with E-state index in [0.29, 0.717) is 19.3 Å². The van der Waals surface area contributed by atoms with Crippen LogP contribution >= 0.6 is 0 Å². The van der Waals surface area contributed by atoms with Gasteiger partial charge in [0.1, 0.15) is 13.2 Å². The van der Waals surface area contributed by atoms with E-state index < -0.39 is 6.10 Å². The third-order valence-corrected chi connectivity index (χ3v) is 14.5. The predicted molar refractivity (Wildman–Crippen MR) is 298 cm³/mol. The molecule has 69 heavy (non-hydrogen) atoms. The standard InChI is InChI=1S/C63H122O6/c1-5-7-9-11-13-15-17-19-21-22-23-27-32-36-40-44-48-52-56-63(66)69-60(57-67-61(64)54-50-46-42-38-34-30-25-20-18-16-14-12-10-8-6-2)58-68-62(65)55-51-47-43-39-35-31-28-24-26-29-33-37-41-45-49-53-59(3)4/h59-60H,5-58H2,1-4H3/t60-/m1/s1. The third-order valence-electron chi connectivity index (χ3n) is 14.5. The first kappa shape index (κ1) is 67.4. The Balaban J connectivity index is 4.28. The number of hydrogen-bond donors (Lipinski definition) is 0. The highest BCUT2D eigenvalue weighted by atomic mass is 16.6. The molecule has 0 saturated carbocycles. The van der Waals surface area contributed by atoms with Crippen molar-refractivity contribution in [3.05, 3.63) is 0 Å². The van der Waals surface area contributed by atoms with Crippen molar-refractivity contribution < 1.29 is 28.6 Å². The molecule has 0 heterocycles. The molecule has 0 spiro atoms. The summed E-state index contributed by atoms with van der Waals surface area (Å²) in [6, 6.07) is 0. The van der Waals surface area contributed by atoms with Crippen molar-refractivity contribution in [3.8, 4) is 0 Å². The topological polar surface area (TPSA) is 78.9 Å². The van der Waals surface area contributed by atoms with Gasteiger partial charge in [-0.15, -0.1) is 0 Å². The van der Waals surface area contributed by atoms with Gasteiger partial charge in [0.25, 0.3) is 0 Å². The summed E-state index contributed by atoms with van der Waals surface area (Å²) in [6.45, 7) is 9.09. The molecular weight excluding hydrogens is 853 g/mol. The van der Waals surface area contributed by atoms with Crippen LogP contribution in [0.3, 0.4) is 0 Å². The Kier molecular flexibility index (Phi) is 56.0. The summed E-state index contributed by atoms with van der Waals surface area (Å²) < 4.78 is 16.9. The molecule has 0 aromatic rings. The van der Waals surface area contributed by atoms with Gasteiger partial charge in [0, 0.05) is 19.3 Å². The van der Waals surface area contributed by atoms with Crippen LogP contribution in [0.2, 0.25) is 0 Å². The van der Waals surface area contributed by atoms with E-state index in [-0.39, 0.29) is 31.1 Å². The second-order valence-electron chi connectivity index (χ2n) is 22.2. The second kappa shape index (κ2) is 57.3. The Morgan fingerprint density at radius 2 is 0.478 bits per heavy atom. The highest BCUT2D eigenvalue weighted by Gasteiger charge is 2.19. The van der Waals surface area contributed by atoms with Crippen LogP contribution in [0.4, 0.5) is 0 Å². The molecule has 6 heteroatoms. The number of esters is 3. The van der Waals surface area contributed by atoms with Crippen molar-refractivity contribution in [2.24, 2.45) is 5.92 Å². The molecule has 0 saturated heterocycles. The molecule has 0 aromatic heterocycles. The Morgan fingerprint density at radius 3 is 0.710 bits per heavy atom. The monoisotopic (exact) mass is 975 g/mol. The molecule has 0 aliphatic heterocycles. The fourth-order valence-electron chi connectivity index (χ4n) is 9.81. The molecule has 0 amide bonds. The van der Waals surface area contributed by atoms with Crippen LogP contribution in [-0.4, -0.2) is 37.2 Å². The van der Waals surface area contributed by atoms with E-state index in [2.05, 4.69) is 27.7 Å². The molecule has 0 N–H and O–H groups in total. The molecule has 0 radical (unpaired) electrons. The summed E-state index contributed by atoms with van der Waals surface area (Å²) in [5.74, 6) is 0.0208. The smallest absolute Gasteiger partial charge is 0.306 e. The molecule has 410 valence electrons. The minimum absolute atomic E-state index is 0.0612. The third kappa shape index (κ3) is 57.2. The lowest BCUT2D eigenvalue weighted by molar-refractivity contribution is -0.167.